The third-order valence-electron chi connectivity index (χ3n) is 7.36. The minimum atomic E-state index is -4.43. The summed E-state index contributed by atoms with van der Waals surface area (Å²) in [5.74, 6) is 2.25. The molecule has 0 amide bonds. The largest absolute Gasteiger partial charge is 0.416 e. The van der Waals surface area contributed by atoms with E-state index in [1.165, 1.54) is 12.1 Å². The Labute approximate surface area is 228 Å². The van der Waals surface area contributed by atoms with Crippen LogP contribution in [0, 0.1) is 0 Å². The van der Waals surface area contributed by atoms with Crippen molar-refractivity contribution in [2.24, 2.45) is 0 Å². The lowest BCUT2D eigenvalue weighted by molar-refractivity contribution is -0.137. The number of aromatic amines is 1. The number of H-pyrrole nitrogens is 1. The Kier molecular flexibility index (Phi) is 6.47. The molecule has 1 saturated carbocycles. The predicted molar refractivity (Wildman–Crippen MR) is 144 cm³/mol. The van der Waals surface area contributed by atoms with Crippen molar-refractivity contribution < 1.29 is 13.2 Å². The molecule has 7 rings (SSSR count). The summed E-state index contributed by atoms with van der Waals surface area (Å²) >= 11 is 0. The number of rotatable bonds is 6. The lowest BCUT2D eigenvalue weighted by atomic mass is 10.0. The predicted octanol–water partition coefficient (Wildman–Crippen LogP) is 5.78. The SMILES string of the molecule is C.FC(F)(F)c1ccc(C(c2ncc[nH]2)n2ncc3cnc(-c4c(C5CC5)ncnc4N4CCCC4)nc32)cc1. The summed E-state index contributed by atoms with van der Waals surface area (Å²) < 4.78 is 41.4. The minimum Gasteiger partial charge on any atom is -0.356 e. The molecule has 1 N–H and O–H groups in total. The third kappa shape index (κ3) is 4.56. The van der Waals surface area contributed by atoms with Gasteiger partial charge in [-0.25, -0.2) is 29.6 Å². The van der Waals surface area contributed by atoms with E-state index in [9.17, 15) is 13.2 Å². The molecule has 5 aromatic rings. The maximum atomic E-state index is 13.3. The molecule has 1 atom stereocenters. The molecule has 12 heteroatoms. The molecule has 4 aromatic heterocycles. The Morgan fingerprint density at radius 2 is 1.73 bits per heavy atom. The van der Waals surface area contributed by atoms with Crippen LogP contribution >= 0.6 is 0 Å². The van der Waals surface area contributed by atoms with Crippen LogP contribution in [0.1, 0.15) is 67.7 Å². The fourth-order valence-corrected chi connectivity index (χ4v) is 5.28. The summed E-state index contributed by atoms with van der Waals surface area (Å²) in [5, 5.41) is 5.30. The van der Waals surface area contributed by atoms with Gasteiger partial charge in [-0.3, -0.25) is 0 Å². The zero-order chi connectivity index (χ0) is 26.6. The molecule has 2 fully saturated rings. The van der Waals surface area contributed by atoms with E-state index in [1.54, 1.807) is 35.8 Å². The quantitative estimate of drug-likeness (QED) is 0.288. The van der Waals surface area contributed by atoms with Gasteiger partial charge in [0.05, 0.1) is 28.4 Å². The number of fused-ring (bicyclic) bond motifs is 1. The average molecular weight is 548 g/mol. The highest BCUT2D eigenvalue weighted by Crippen LogP contribution is 2.45. The number of anilines is 1. The number of nitrogens with one attached hydrogen (secondary N) is 1. The van der Waals surface area contributed by atoms with Crippen LogP contribution in [0.15, 0.2) is 55.4 Å². The van der Waals surface area contributed by atoms with Crippen molar-refractivity contribution >= 4 is 16.9 Å². The Bertz CT molecular complexity index is 1620. The van der Waals surface area contributed by atoms with E-state index < -0.39 is 17.8 Å². The van der Waals surface area contributed by atoms with Crippen molar-refractivity contribution in [3.05, 3.63) is 78.0 Å². The molecule has 0 bridgehead atoms. The van der Waals surface area contributed by atoms with Crippen LogP contribution < -0.4 is 4.90 Å². The Balaban J connectivity index is 0.00000289. The zero-order valence-electron chi connectivity index (χ0n) is 20.8. The summed E-state index contributed by atoms with van der Waals surface area (Å²) in [6.07, 6.45) is 8.20. The first kappa shape index (κ1) is 25.9. The second kappa shape index (κ2) is 10.00. The van der Waals surface area contributed by atoms with Crippen LogP contribution in [0.5, 0.6) is 0 Å². The second-order valence-electron chi connectivity index (χ2n) is 9.98. The van der Waals surface area contributed by atoms with Crippen molar-refractivity contribution in [2.45, 2.75) is 51.2 Å². The number of halogens is 3. The number of hydrogen-bond donors (Lipinski definition) is 1. The van der Waals surface area contributed by atoms with Gasteiger partial charge < -0.3 is 9.88 Å². The number of alkyl halides is 3. The number of benzene rings is 1. The summed E-state index contributed by atoms with van der Waals surface area (Å²) in [5.41, 5.74) is 2.22. The fraction of sp³-hybridized carbons (Fsp3) is 0.357. The van der Waals surface area contributed by atoms with Gasteiger partial charge in [-0.2, -0.15) is 18.3 Å². The highest BCUT2D eigenvalue weighted by molar-refractivity contribution is 5.80. The molecular formula is C28H28F3N9. The molecule has 5 heterocycles. The lowest BCUT2D eigenvalue weighted by Gasteiger charge is -2.21. The smallest absolute Gasteiger partial charge is 0.356 e. The van der Waals surface area contributed by atoms with Crippen molar-refractivity contribution in [3.63, 3.8) is 0 Å². The summed E-state index contributed by atoms with van der Waals surface area (Å²) in [7, 11) is 0. The topological polar surface area (TPSA) is 101 Å². The average Bonchev–Trinajstić information content (AvgIpc) is 3.31. The summed E-state index contributed by atoms with van der Waals surface area (Å²) in [4.78, 5) is 28.8. The molecule has 206 valence electrons. The van der Waals surface area contributed by atoms with Gasteiger partial charge in [-0.05, 0) is 43.4 Å². The van der Waals surface area contributed by atoms with Gasteiger partial charge in [-0.1, -0.05) is 19.6 Å². The van der Waals surface area contributed by atoms with Crippen LogP contribution in [0.25, 0.3) is 22.4 Å². The normalized spacial score (nSPS) is 16.3. The molecule has 2 aliphatic rings. The Morgan fingerprint density at radius 1 is 0.950 bits per heavy atom. The number of nitrogens with zero attached hydrogens (tertiary/aromatic N) is 8. The second-order valence-corrected chi connectivity index (χ2v) is 9.98. The zero-order valence-corrected chi connectivity index (χ0v) is 20.8. The first-order valence-corrected chi connectivity index (χ1v) is 12.9. The van der Waals surface area contributed by atoms with Crippen molar-refractivity contribution in [1.82, 2.24) is 39.7 Å². The number of hydrogen-bond acceptors (Lipinski definition) is 7. The van der Waals surface area contributed by atoms with Gasteiger partial charge in [0.25, 0.3) is 0 Å². The number of imidazole rings is 1. The minimum absolute atomic E-state index is 0. The summed E-state index contributed by atoms with van der Waals surface area (Å²) in [6.45, 7) is 1.84. The lowest BCUT2D eigenvalue weighted by Crippen LogP contribution is -2.21. The van der Waals surface area contributed by atoms with E-state index in [-0.39, 0.29) is 7.43 Å². The Morgan fingerprint density at radius 3 is 2.40 bits per heavy atom. The standard InChI is InChI=1S/C27H24F3N9.CH4/c28-27(29,30)19-7-5-17(6-8-19)22(24-31-9-10-32-24)39-25-18(14-36-39)13-33-23(37-25)20-21(16-3-4-16)34-15-35-26(20)38-11-1-2-12-38;/h5-10,13-16,22H,1-4,11-12H2,(H,31,32);1H4. The van der Waals surface area contributed by atoms with E-state index in [2.05, 4.69) is 29.9 Å². The van der Waals surface area contributed by atoms with E-state index in [4.69, 9.17) is 9.97 Å². The molecule has 9 nitrogen and oxygen atoms in total. The van der Waals surface area contributed by atoms with Crippen molar-refractivity contribution in [2.75, 3.05) is 18.0 Å². The highest BCUT2D eigenvalue weighted by Gasteiger charge is 2.34. The molecule has 0 radical (unpaired) electrons. The van der Waals surface area contributed by atoms with Gasteiger partial charge in [-0.15, -0.1) is 0 Å². The maximum Gasteiger partial charge on any atom is 0.416 e. The molecule has 1 saturated heterocycles. The van der Waals surface area contributed by atoms with E-state index in [0.717, 1.165) is 68.0 Å². The van der Waals surface area contributed by atoms with Crippen LogP contribution in [0.2, 0.25) is 0 Å². The van der Waals surface area contributed by atoms with Crippen LogP contribution in [0.3, 0.4) is 0 Å². The Hall–Kier alpha value is -4.35. The van der Waals surface area contributed by atoms with Gasteiger partial charge in [0, 0.05) is 37.6 Å². The van der Waals surface area contributed by atoms with Crippen LogP contribution in [-0.2, 0) is 6.18 Å². The van der Waals surface area contributed by atoms with Crippen molar-refractivity contribution in [3.8, 4) is 11.4 Å². The fourth-order valence-electron chi connectivity index (χ4n) is 5.28. The van der Waals surface area contributed by atoms with Gasteiger partial charge in [0.15, 0.2) is 11.5 Å². The third-order valence-corrected chi connectivity index (χ3v) is 7.36. The van der Waals surface area contributed by atoms with Crippen molar-refractivity contribution in [1.29, 1.82) is 0 Å². The maximum absolute atomic E-state index is 13.3. The first-order valence-electron chi connectivity index (χ1n) is 12.9. The first-order chi connectivity index (χ1) is 19.0. The number of aromatic nitrogens is 8. The molecule has 40 heavy (non-hydrogen) atoms. The molecule has 1 aliphatic heterocycles. The molecule has 0 spiro atoms. The van der Waals surface area contributed by atoms with E-state index >= 15 is 0 Å². The molecule has 1 aromatic carbocycles. The van der Waals surface area contributed by atoms with Crippen LogP contribution in [-0.4, -0.2) is 52.8 Å². The van der Waals surface area contributed by atoms with Crippen LogP contribution in [0.4, 0.5) is 19.0 Å². The highest BCUT2D eigenvalue weighted by atomic mass is 19.4. The van der Waals surface area contributed by atoms with Gasteiger partial charge >= 0.3 is 6.18 Å². The molecule has 1 unspecified atom stereocenters. The molecule has 1 aliphatic carbocycles. The monoisotopic (exact) mass is 547 g/mol. The van der Waals surface area contributed by atoms with E-state index in [1.807, 2.05) is 0 Å². The molecular weight excluding hydrogens is 519 g/mol. The summed E-state index contributed by atoms with van der Waals surface area (Å²) in [6, 6.07) is 4.42. The van der Waals surface area contributed by atoms with Gasteiger partial charge in [0.1, 0.15) is 24.0 Å². The van der Waals surface area contributed by atoms with E-state index in [0.29, 0.717) is 34.2 Å². The van der Waals surface area contributed by atoms with Gasteiger partial charge in [0.2, 0.25) is 0 Å².